The van der Waals surface area contributed by atoms with Crippen LogP contribution in [0.3, 0.4) is 0 Å². The minimum Gasteiger partial charge on any atom is -0.378 e. The van der Waals surface area contributed by atoms with Gasteiger partial charge in [0.05, 0.1) is 18.8 Å². The summed E-state index contributed by atoms with van der Waals surface area (Å²) in [5.74, 6) is 1.22. The minimum absolute atomic E-state index is 0.139. The Morgan fingerprint density at radius 2 is 1.96 bits per heavy atom. The number of rotatable bonds is 4. The molecule has 27 heavy (non-hydrogen) atoms. The highest BCUT2D eigenvalue weighted by atomic mass is 16.5. The standard InChI is InChI=1S/C20H21N5O2/c1-14-21-19(24-23-14)15-5-4-6-16(13-15)22-20(26)17-7-2-3-8-18(17)25-9-11-27-12-10-25/h2-8,13H,9-12H2,1H3,(H,22,26)(H,21,23,24). The Morgan fingerprint density at radius 3 is 2.74 bits per heavy atom. The van der Waals surface area contributed by atoms with Crippen molar-refractivity contribution in [1.29, 1.82) is 0 Å². The molecule has 4 rings (SSSR count). The van der Waals surface area contributed by atoms with Gasteiger partial charge in [-0.05, 0) is 31.2 Å². The van der Waals surface area contributed by atoms with Gasteiger partial charge >= 0.3 is 0 Å². The number of nitrogens with one attached hydrogen (secondary N) is 2. The highest BCUT2D eigenvalue weighted by molar-refractivity contribution is 6.08. The lowest BCUT2D eigenvalue weighted by atomic mass is 10.1. The van der Waals surface area contributed by atoms with E-state index in [1.165, 1.54) is 0 Å². The zero-order valence-corrected chi connectivity index (χ0v) is 15.1. The van der Waals surface area contributed by atoms with Crippen LogP contribution in [0.5, 0.6) is 0 Å². The van der Waals surface area contributed by atoms with Gasteiger partial charge in [-0.2, -0.15) is 5.10 Å². The molecule has 1 aliphatic rings. The van der Waals surface area contributed by atoms with Crippen molar-refractivity contribution >= 4 is 17.3 Å². The van der Waals surface area contributed by atoms with Crippen LogP contribution in [-0.2, 0) is 4.74 Å². The molecule has 1 aromatic heterocycles. The van der Waals surface area contributed by atoms with E-state index in [0.717, 1.165) is 30.2 Å². The van der Waals surface area contributed by atoms with E-state index in [1.54, 1.807) is 0 Å². The largest absolute Gasteiger partial charge is 0.378 e. The lowest BCUT2D eigenvalue weighted by molar-refractivity contribution is 0.102. The van der Waals surface area contributed by atoms with E-state index in [2.05, 4.69) is 25.4 Å². The van der Waals surface area contributed by atoms with E-state index in [0.29, 0.717) is 30.3 Å². The SMILES string of the molecule is Cc1nc(-c2cccc(NC(=O)c3ccccc3N3CCOCC3)c2)n[nH]1. The second-order valence-electron chi connectivity index (χ2n) is 6.40. The van der Waals surface area contributed by atoms with Crippen LogP contribution >= 0.6 is 0 Å². The van der Waals surface area contributed by atoms with Crippen LogP contribution in [0.2, 0.25) is 0 Å². The van der Waals surface area contributed by atoms with Gasteiger partial charge in [-0.3, -0.25) is 9.89 Å². The van der Waals surface area contributed by atoms with Crippen molar-refractivity contribution < 1.29 is 9.53 Å². The van der Waals surface area contributed by atoms with Gasteiger partial charge < -0.3 is 15.0 Å². The molecule has 1 amide bonds. The van der Waals surface area contributed by atoms with Crippen LogP contribution in [0.4, 0.5) is 11.4 Å². The molecule has 7 heteroatoms. The first-order valence-electron chi connectivity index (χ1n) is 8.93. The molecule has 0 aliphatic carbocycles. The summed E-state index contributed by atoms with van der Waals surface area (Å²) in [7, 11) is 0. The zero-order valence-electron chi connectivity index (χ0n) is 15.1. The summed E-state index contributed by atoms with van der Waals surface area (Å²) in [6.07, 6.45) is 0. The predicted molar refractivity (Wildman–Crippen MR) is 104 cm³/mol. The third-order valence-electron chi connectivity index (χ3n) is 4.48. The molecule has 1 fully saturated rings. The molecule has 0 spiro atoms. The maximum Gasteiger partial charge on any atom is 0.257 e. The second kappa shape index (κ2) is 7.59. The van der Waals surface area contributed by atoms with Gasteiger partial charge in [-0.25, -0.2) is 4.98 Å². The fraction of sp³-hybridized carbons (Fsp3) is 0.250. The maximum atomic E-state index is 12.9. The Morgan fingerprint density at radius 1 is 1.15 bits per heavy atom. The van der Waals surface area contributed by atoms with Crippen molar-refractivity contribution in [2.24, 2.45) is 0 Å². The third-order valence-corrected chi connectivity index (χ3v) is 4.48. The summed E-state index contributed by atoms with van der Waals surface area (Å²) in [4.78, 5) is 19.4. The number of carbonyl (C=O) groups is 1. The summed E-state index contributed by atoms with van der Waals surface area (Å²) in [5, 5.41) is 10.00. The molecular formula is C20H21N5O2. The van der Waals surface area contributed by atoms with Gasteiger partial charge in [-0.1, -0.05) is 24.3 Å². The fourth-order valence-corrected chi connectivity index (χ4v) is 3.15. The molecule has 7 nitrogen and oxygen atoms in total. The zero-order chi connectivity index (χ0) is 18.6. The Bertz CT molecular complexity index is 947. The number of aromatic amines is 1. The molecule has 2 heterocycles. The van der Waals surface area contributed by atoms with E-state index in [4.69, 9.17) is 4.74 Å². The first kappa shape index (κ1) is 17.2. The summed E-state index contributed by atoms with van der Waals surface area (Å²) in [6.45, 7) is 4.76. The molecule has 0 saturated carbocycles. The molecule has 1 saturated heterocycles. The number of para-hydroxylation sites is 1. The van der Waals surface area contributed by atoms with Crippen molar-refractivity contribution in [2.75, 3.05) is 36.5 Å². The number of hydrogen-bond acceptors (Lipinski definition) is 5. The van der Waals surface area contributed by atoms with Crippen LogP contribution in [-0.4, -0.2) is 47.4 Å². The number of anilines is 2. The van der Waals surface area contributed by atoms with Gasteiger partial charge in [-0.15, -0.1) is 0 Å². The third kappa shape index (κ3) is 3.83. The number of carbonyl (C=O) groups excluding carboxylic acids is 1. The Labute approximate surface area is 157 Å². The molecule has 3 aromatic rings. The molecule has 2 aromatic carbocycles. The quantitative estimate of drug-likeness (QED) is 0.745. The molecule has 2 N–H and O–H groups in total. The highest BCUT2D eigenvalue weighted by Crippen LogP contribution is 2.24. The van der Waals surface area contributed by atoms with Crippen LogP contribution in [0, 0.1) is 6.92 Å². The van der Waals surface area contributed by atoms with E-state index >= 15 is 0 Å². The van der Waals surface area contributed by atoms with Gasteiger partial charge in [0.15, 0.2) is 5.82 Å². The summed E-state index contributed by atoms with van der Waals surface area (Å²) < 4.78 is 5.42. The van der Waals surface area contributed by atoms with E-state index in [9.17, 15) is 4.79 Å². The number of ether oxygens (including phenoxy) is 1. The molecule has 0 atom stereocenters. The van der Waals surface area contributed by atoms with Crippen molar-refractivity contribution in [1.82, 2.24) is 15.2 Å². The predicted octanol–water partition coefficient (Wildman–Crippen LogP) is 2.87. The summed E-state index contributed by atoms with van der Waals surface area (Å²) in [6, 6.07) is 15.2. The van der Waals surface area contributed by atoms with Crippen LogP contribution in [0.15, 0.2) is 48.5 Å². The Balaban J connectivity index is 1.56. The van der Waals surface area contributed by atoms with Gasteiger partial charge in [0, 0.05) is 30.0 Å². The lowest BCUT2D eigenvalue weighted by Gasteiger charge is -2.30. The van der Waals surface area contributed by atoms with Crippen LogP contribution in [0.25, 0.3) is 11.4 Å². The van der Waals surface area contributed by atoms with Crippen molar-refractivity contribution in [2.45, 2.75) is 6.92 Å². The normalized spacial score (nSPS) is 14.2. The number of aromatic nitrogens is 3. The Hall–Kier alpha value is -3.19. The number of H-pyrrole nitrogens is 1. The average molecular weight is 363 g/mol. The Kier molecular flexibility index (Phi) is 4.84. The van der Waals surface area contributed by atoms with Crippen molar-refractivity contribution in [3.8, 4) is 11.4 Å². The molecule has 1 aliphatic heterocycles. The monoisotopic (exact) mass is 363 g/mol. The van der Waals surface area contributed by atoms with Crippen molar-refractivity contribution in [3.05, 3.63) is 59.9 Å². The van der Waals surface area contributed by atoms with Crippen LogP contribution in [0.1, 0.15) is 16.2 Å². The highest BCUT2D eigenvalue weighted by Gasteiger charge is 2.18. The topological polar surface area (TPSA) is 83.1 Å². The van der Waals surface area contributed by atoms with Gasteiger partial charge in [0.1, 0.15) is 5.82 Å². The summed E-state index contributed by atoms with van der Waals surface area (Å²) >= 11 is 0. The van der Waals surface area contributed by atoms with E-state index in [1.807, 2.05) is 55.5 Å². The van der Waals surface area contributed by atoms with Gasteiger partial charge in [0.2, 0.25) is 0 Å². The first-order chi connectivity index (χ1) is 13.2. The number of nitrogens with zero attached hydrogens (tertiary/aromatic N) is 3. The van der Waals surface area contributed by atoms with Crippen LogP contribution < -0.4 is 10.2 Å². The average Bonchev–Trinajstić information content (AvgIpc) is 3.15. The molecule has 0 unspecified atom stereocenters. The fourth-order valence-electron chi connectivity index (χ4n) is 3.15. The van der Waals surface area contributed by atoms with E-state index < -0.39 is 0 Å². The number of benzene rings is 2. The minimum atomic E-state index is -0.139. The smallest absolute Gasteiger partial charge is 0.257 e. The molecular weight excluding hydrogens is 342 g/mol. The lowest BCUT2D eigenvalue weighted by Crippen LogP contribution is -2.37. The van der Waals surface area contributed by atoms with E-state index in [-0.39, 0.29) is 5.91 Å². The first-order valence-corrected chi connectivity index (χ1v) is 8.93. The molecule has 0 bridgehead atoms. The number of hydrogen-bond donors (Lipinski definition) is 2. The van der Waals surface area contributed by atoms with Crippen molar-refractivity contribution in [3.63, 3.8) is 0 Å². The molecule has 138 valence electrons. The second-order valence-corrected chi connectivity index (χ2v) is 6.40. The number of morpholine rings is 1. The molecule has 0 radical (unpaired) electrons. The maximum absolute atomic E-state index is 12.9. The summed E-state index contributed by atoms with van der Waals surface area (Å²) in [5.41, 5.74) is 3.13. The van der Waals surface area contributed by atoms with Gasteiger partial charge in [0.25, 0.3) is 5.91 Å². The number of aryl methyl sites for hydroxylation is 1. The number of amides is 1.